The average molecular weight is 463 g/mol. The lowest BCUT2D eigenvalue weighted by atomic mass is 10.1. The Morgan fingerprint density at radius 2 is 1.67 bits per heavy atom. The molecule has 0 aliphatic rings. The van der Waals surface area contributed by atoms with Crippen LogP contribution in [0.4, 0.5) is 28.2 Å². The summed E-state index contributed by atoms with van der Waals surface area (Å²) in [7, 11) is 3.24. The van der Waals surface area contributed by atoms with E-state index in [-0.39, 0.29) is 24.5 Å². The molecule has 0 atom stereocenters. The molecule has 2 aromatic carbocycles. The van der Waals surface area contributed by atoms with Crippen molar-refractivity contribution in [3.63, 3.8) is 0 Å². The third-order valence-corrected chi connectivity index (χ3v) is 4.90. The van der Waals surface area contributed by atoms with Gasteiger partial charge in [-0.15, -0.1) is 0 Å². The smallest absolute Gasteiger partial charge is 0.362 e. The van der Waals surface area contributed by atoms with Gasteiger partial charge in [-0.05, 0) is 36.8 Å². The van der Waals surface area contributed by atoms with E-state index in [1.54, 1.807) is 56.3 Å². The highest BCUT2D eigenvalue weighted by molar-refractivity contribution is 5.74. The summed E-state index contributed by atoms with van der Waals surface area (Å²) in [4.78, 5) is 15.6. The molecule has 0 saturated heterocycles. The van der Waals surface area contributed by atoms with Crippen molar-refractivity contribution in [1.82, 2.24) is 20.0 Å². The highest BCUT2D eigenvalue weighted by atomic mass is 19.4. The molecule has 0 radical (unpaired) electrons. The molecule has 2 amide bonds. The number of alkyl halides is 3. The van der Waals surface area contributed by atoms with E-state index >= 15 is 0 Å². The number of aromatic nitrogens is 2. The van der Waals surface area contributed by atoms with Gasteiger partial charge in [0.1, 0.15) is 11.6 Å². The number of nitrogens with zero attached hydrogens (tertiary/aromatic N) is 4. The van der Waals surface area contributed by atoms with Crippen molar-refractivity contribution in [3.8, 4) is 5.69 Å². The summed E-state index contributed by atoms with van der Waals surface area (Å²) in [5.41, 5.74) is -0.160. The van der Waals surface area contributed by atoms with Crippen LogP contribution in [0.1, 0.15) is 23.7 Å². The number of anilines is 1. The van der Waals surface area contributed by atoms with Crippen LogP contribution in [0, 0.1) is 5.82 Å². The van der Waals surface area contributed by atoms with Crippen LogP contribution in [0.2, 0.25) is 0 Å². The minimum Gasteiger partial charge on any atom is -0.362 e. The van der Waals surface area contributed by atoms with E-state index < -0.39 is 23.7 Å². The predicted octanol–water partition coefficient (Wildman–Crippen LogP) is 4.83. The number of para-hydroxylation sites is 1. The number of urea groups is 1. The van der Waals surface area contributed by atoms with Gasteiger partial charge in [0.15, 0.2) is 5.69 Å². The minimum atomic E-state index is -4.73. The van der Waals surface area contributed by atoms with Gasteiger partial charge in [0.25, 0.3) is 0 Å². The molecule has 0 aliphatic heterocycles. The number of benzene rings is 2. The second-order valence-electron chi connectivity index (χ2n) is 7.61. The third kappa shape index (κ3) is 5.63. The lowest BCUT2D eigenvalue weighted by Gasteiger charge is -2.25. The van der Waals surface area contributed by atoms with Gasteiger partial charge in [-0.3, -0.25) is 0 Å². The van der Waals surface area contributed by atoms with Crippen LogP contribution in [-0.2, 0) is 19.3 Å². The fourth-order valence-electron chi connectivity index (χ4n) is 3.49. The van der Waals surface area contributed by atoms with E-state index in [1.165, 1.54) is 33.8 Å². The summed E-state index contributed by atoms with van der Waals surface area (Å²) in [6.45, 7) is 1.66. The van der Waals surface area contributed by atoms with Gasteiger partial charge in [-0.1, -0.05) is 30.3 Å². The average Bonchev–Trinajstić information content (AvgIpc) is 3.15. The third-order valence-electron chi connectivity index (χ3n) is 4.90. The molecule has 0 aliphatic carbocycles. The Hall–Kier alpha value is -3.56. The Bertz CT molecular complexity index is 1080. The number of amides is 2. The number of hydrogen-bond acceptors (Lipinski definition) is 3. The fourth-order valence-corrected chi connectivity index (χ4v) is 3.49. The Balaban J connectivity index is 2.11. The topological polar surface area (TPSA) is 53.4 Å². The second-order valence-corrected chi connectivity index (χ2v) is 7.61. The Morgan fingerprint density at radius 1 is 1.03 bits per heavy atom. The molecule has 0 spiro atoms. The van der Waals surface area contributed by atoms with Crippen LogP contribution in [0.15, 0.2) is 54.6 Å². The fraction of sp³-hybridized carbons (Fsp3) is 0.304. The lowest BCUT2D eigenvalue weighted by Crippen LogP contribution is -2.39. The van der Waals surface area contributed by atoms with Gasteiger partial charge >= 0.3 is 12.2 Å². The maximum absolute atomic E-state index is 14.0. The van der Waals surface area contributed by atoms with Gasteiger partial charge in [-0.2, -0.15) is 18.3 Å². The summed E-state index contributed by atoms with van der Waals surface area (Å²) >= 11 is 0. The number of hydrogen-bond donors (Lipinski definition) is 1. The molecule has 176 valence electrons. The number of halogens is 4. The molecule has 0 saturated carbocycles. The lowest BCUT2D eigenvalue weighted by molar-refractivity contribution is -0.142. The zero-order valence-corrected chi connectivity index (χ0v) is 18.5. The standard InChI is InChI=1S/C23H25F4N5O/c1-4-28-22(33)31(14-16-10-12-17(24)13-11-16)15-19-20(23(25,26)27)29-32(21(19)30(2)3)18-8-6-5-7-9-18/h5-13H,4,14-15H2,1-3H3,(H,28,33). The maximum Gasteiger partial charge on any atom is 0.435 e. The van der Waals surface area contributed by atoms with Gasteiger partial charge < -0.3 is 15.1 Å². The van der Waals surface area contributed by atoms with E-state index in [9.17, 15) is 22.4 Å². The zero-order valence-electron chi connectivity index (χ0n) is 18.5. The van der Waals surface area contributed by atoms with Crippen molar-refractivity contribution in [2.45, 2.75) is 26.2 Å². The molecule has 10 heteroatoms. The van der Waals surface area contributed by atoms with E-state index in [2.05, 4.69) is 10.4 Å². The molecular formula is C23H25F4N5O. The SMILES string of the molecule is CCNC(=O)N(Cc1ccc(F)cc1)Cc1c(C(F)(F)F)nn(-c2ccccc2)c1N(C)C. The van der Waals surface area contributed by atoms with E-state index in [1.807, 2.05) is 0 Å². The van der Waals surface area contributed by atoms with Crippen LogP contribution >= 0.6 is 0 Å². The van der Waals surface area contributed by atoms with Gasteiger partial charge in [-0.25, -0.2) is 13.9 Å². The summed E-state index contributed by atoms with van der Waals surface area (Å²) in [5.74, 6) is -0.233. The van der Waals surface area contributed by atoms with Crippen LogP contribution in [-0.4, -0.2) is 41.4 Å². The molecule has 0 unspecified atom stereocenters. The summed E-state index contributed by atoms with van der Waals surface area (Å²) in [5, 5.41) is 6.53. The highest BCUT2D eigenvalue weighted by Crippen LogP contribution is 2.37. The maximum atomic E-state index is 14.0. The van der Waals surface area contributed by atoms with Crippen LogP contribution < -0.4 is 10.2 Å². The Morgan fingerprint density at radius 3 is 2.21 bits per heavy atom. The van der Waals surface area contributed by atoms with Crippen LogP contribution in [0.5, 0.6) is 0 Å². The number of carbonyl (C=O) groups excluding carboxylic acids is 1. The largest absolute Gasteiger partial charge is 0.435 e. The number of nitrogens with one attached hydrogen (secondary N) is 1. The number of rotatable bonds is 7. The molecule has 1 aromatic heterocycles. The van der Waals surface area contributed by atoms with E-state index in [0.29, 0.717) is 17.8 Å². The van der Waals surface area contributed by atoms with Crippen LogP contribution in [0.3, 0.4) is 0 Å². The number of carbonyl (C=O) groups is 1. The van der Waals surface area contributed by atoms with Gasteiger partial charge in [0, 0.05) is 32.7 Å². The molecule has 0 fully saturated rings. The van der Waals surface area contributed by atoms with Crippen molar-refractivity contribution in [3.05, 3.63) is 77.2 Å². The first kappa shape index (κ1) is 24.1. The summed E-state index contributed by atoms with van der Waals surface area (Å²) in [6.07, 6.45) is -4.73. The second kappa shape index (κ2) is 9.93. The first-order valence-electron chi connectivity index (χ1n) is 10.3. The van der Waals surface area contributed by atoms with Crippen molar-refractivity contribution < 1.29 is 22.4 Å². The van der Waals surface area contributed by atoms with Gasteiger partial charge in [0.2, 0.25) is 0 Å². The first-order chi connectivity index (χ1) is 15.6. The molecule has 3 rings (SSSR count). The van der Waals surface area contributed by atoms with Crippen molar-refractivity contribution >= 4 is 11.8 Å². The van der Waals surface area contributed by atoms with Crippen LogP contribution in [0.25, 0.3) is 5.69 Å². The Labute approximate surface area is 189 Å². The molecule has 3 aromatic rings. The summed E-state index contributed by atoms with van der Waals surface area (Å²) < 4.78 is 56.6. The molecule has 1 heterocycles. The first-order valence-corrected chi connectivity index (χ1v) is 10.3. The monoisotopic (exact) mass is 463 g/mol. The Kier molecular flexibility index (Phi) is 7.25. The van der Waals surface area contributed by atoms with E-state index in [4.69, 9.17) is 0 Å². The molecule has 0 bridgehead atoms. The quantitative estimate of drug-likeness (QED) is 0.511. The van der Waals surface area contributed by atoms with E-state index in [0.717, 1.165) is 0 Å². The van der Waals surface area contributed by atoms with Crippen molar-refractivity contribution in [2.75, 3.05) is 25.5 Å². The molecule has 6 nitrogen and oxygen atoms in total. The normalized spacial score (nSPS) is 11.4. The highest BCUT2D eigenvalue weighted by Gasteiger charge is 2.40. The van der Waals surface area contributed by atoms with Gasteiger partial charge in [0.05, 0.1) is 12.2 Å². The van der Waals surface area contributed by atoms with Crippen molar-refractivity contribution in [1.29, 1.82) is 0 Å². The molecule has 33 heavy (non-hydrogen) atoms. The molecule has 1 N–H and O–H groups in total. The van der Waals surface area contributed by atoms with Crippen molar-refractivity contribution in [2.24, 2.45) is 0 Å². The summed E-state index contributed by atoms with van der Waals surface area (Å²) in [6, 6.07) is 13.4. The minimum absolute atomic E-state index is 0.00715. The molecular weight excluding hydrogens is 438 g/mol. The zero-order chi connectivity index (χ0) is 24.2. The predicted molar refractivity (Wildman–Crippen MR) is 118 cm³/mol.